The molecule has 0 aliphatic carbocycles. The van der Waals surface area contributed by atoms with E-state index in [0.29, 0.717) is 0 Å². The molecule has 0 aromatic carbocycles. The molecule has 22 heavy (non-hydrogen) atoms. The second-order valence-corrected chi connectivity index (χ2v) is 11.2. The molecule has 0 bridgehead atoms. The summed E-state index contributed by atoms with van der Waals surface area (Å²) in [5.74, 6) is 0. The van der Waals surface area contributed by atoms with E-state index in [4.69, 9.17) is 0 Å². The van der Waals surface area contributed by atoms with Crippen LogP contribution in [-0.4, -0.2) is 19.1 Å². The van der Waals surface area contributed by atoms with E-state index in [1.54, 1.807) is 0 Å². The van der Waals surface area contributed by atoms with Gasteiger partial charge in [-0.3, -0.25) is 0 Å². The van der Waals surface area contributed by atoms with E-state index in [9.17, 15) is 4.10 Å². The molecule has 1 nitrogen and oxygen atoms in total. The monoisotopic (exact) mass is 374 g/mol. The molecule has 134 valence electrons. The molecule has 1 N–H and O–H groups in total. The van der Waals surface area contributed by atoms with Gasteiger partial charge in [-0.25, -0.2) is 0 Å². The Morgan fingerprint density at radius 2 is 0.818 bits per heavy atom. The van der Waals surface area contributed by atoms with Crippen LogP contribution in [0.2, 0.25) is 10.4 Å². The van der Waals surface area contributed by atoms with E-state index in [1.165, 1.54) is 103 Å². The van der Waals surface area contributed by atoms with Crippen LogP contribution in [-0.2, 0) is 0 Å². The van der Waals surface area contributed by atoms with Crippen LogP contribution in [0.15, 0.2) is 0 Å². The van der Waals surface area contributed by atoms with Crippen LogP contribution in [0.1, 0.15) is 117 Å². The third-order valence-electron chi connectivity index (χ3n) is 4.63. The molecule has 0 aromatic heterocycles. The number of hydrogen-bond donors (Lipinski definition) is 1. The first-order valence-electron chi connectivity index (χ1n) is 10.2. The summed E-state index contributed by atoms with van der Waals surface area (Å²) >= 11 is -1.34. The standard InChI is InChI=1S/C20H43AsO/c1-3-5-6-7-8-9-10-11-12-13-14-15-16-17-18-19-20-21(22)4-2/h22H,3-20H2,1-2H3. The van der Waals surface area contributed by atoms with Gasteiger partial charge in [-0.1, -0.05) is 39.0 Å². The molecule has 0 aromatic rings. The van der Waals surface area contributed by atoms with Gasteiger partial charge in [0.2, 0.25) is 0 Å². The van der Waals surface area contributed by atoms with Gasteiger partial charge in [0.1, 0.15) is 0 Å². The molecule has 0 rings (SSSR count). The van der Waals surface area contributed by atoms with E-state index < -0.39 is 15.0 Å². The molecule has 0 amide bonds. The van der Waals surface area contributed by atoms with E-state index >= 15 is 0 Å². The summed E-state index contributed by atoms with van der Waals surface area (Å²) in [6, 6.07) is 0. The quantitative estimate of drug-likeness (QED) is 0.198. The van der Waals surface area contributed by atoms with Gasteiger partial charge in [0, 0.05) is 0 Å². The van der Waals surface area contributed by atoms with Crippen LogP contribution >= 0.6 is 0 Å². The second-order valence-electron chi connectivity index (χ2n) is 6.85. The predicted octanol–water partition coefficient (Wildman–Crippen LogP) is 7.25. The first-order valence-corrected chi connectivity index (χ1v) is 13.7. The van der Waals surface area contributed by atoms with Crippen LogP contribution in [0.4, 0.5) is 0 Å². The van der Waals surface area contributed by atoms with Crippen LogP contribution in [0.25, 0.3) is 0 Å². The molecular weight excluding hydrogens is 331 g/mol. The van der Waals surface area contributed by atoms with Gasteiger partial charge in [-0.05, 0) is 0 Å². The molecule has 0 radical (unpaired) electrons. The maximum atomic E-state index is 9.62. The van der Waals surface area contributed by atoms with Crippen molar-refractivity contribution in [2.75, 3.05) is 0 Å². The maximum absolute atomic E-state index is 9.62. The summed E-state index contributed by atoms with van der Waals surface area (Å²) in [5, 5.41) is 2.22. The molecule has 0 fully saturated rings. The fourth-order valence-electron chi connectivity index (χ4n) is 3.00. The Morgan fingerprint density at radius 3 is 1.14 bits per heavy atom. The molecule has 0 saturated heterocycles. The van der Waals surface area contributed by atoms with Crippen molar-refractivity contribution in [3.63, 3.8) is 0 Å². The van der Waals surface area contributed by atoms with Gasteiger partial charge >= 0.3 is 107 Å². The molecule has 0 heterocycles. The van der Waals surface area contributed by atoms with Gasteiger partial charge in [-0.2, -0.15) is 0 Å². The van der Waals surface area contributed by atoms with Crippen molar-refractivity contribution >= 4 is 15.0 Å². The minimum absolute atomic E-state index is 1.06. The SMILES string of the molecule is CCCCCCCCCCCCCCCCCC[As](O)CC. The van der Waals surface area contributed by atoms with Crippen LogP contribution < -0.4 is 0 Å². The van der Waals surface area contributed by atoms with Gasteiger partial charge in [-0.15, -0.1) is 0 Å². The molecule has 1 atom stereocenters. The van der Waals surface area contributed by atoms with Crippen molar-refractivity contribution in [2.24, 2.45) is 0 Å². The summed E-state index contributed by atoms with van der Waals surface area (Å²) in [6.07, 6.45) is 22.8. The third-order valence-corrected chi connectivity index (χ3v) is 7.91. The average molecular weight is 374 g/mol. The van der Waals surface area contributed by atoms with Crippen LogP contribution in [0, 0.1) is 0 Å². The third kappa shape index (κ3) is 18.6. The Bertz CT molecular complexity index is 196. The van der Waals surface area contributed by atoms with Crippen molar-refractivity contribution in [3.05, 3.63) is 0 Å². The molecular formula is C20H43AsO. The summed E-state index contributed by atoms with van der Waals surface area (Å²) < 4.78 is 9.62. The van der Waals surface area contributed by atoms with Gasteiger partial charge in [0.15, 0.2) is 0 Å². The zero-order chi connectivity index (χ0) is 16.3. The zero-order valence-corrected chi connectivity index (χ0v) is 17.5. The van der Waals surface area contributed by atoms with E-state index in [0.717, 1.165) is 10.4 Å². The fraction of sp³-hybridized carbons (Fsp3) is 1.00. The Balaban J connectivity index is 2.97. The van der Waals surface area contributed by atoms with Crippen molar-refractivity contribution < 1.29 is 4.10 Å². The first-order chi connectivity index (χ1) is 10.8. The van der Waals surface area contributed by atoms with Crippen molar-refractivity contribution in [3.8, 4) is 0 Å². The van der Waals surface area contributed by atoms with Crippen LogP contribution in [0.5, 0.6) is 0 Å². The van der Waals surface area contributed by atoms with E-state index in [1.807, 2.05) is 0 Å². The topological polar surface area (TPSA) is 20.2 Å². The number of rotatable bonds is 18. The summed E-state index contributed by atoms with van der Waals surface area (Å²) in [6.45, 7) is 4.42. The number of hydrogen-bond acceptors (Lipinski definition) is 1. The number of unbranched alkanes of at least 4 members (excludes halogenated alkanes) is 15. The summed E-state index contributed by atoms with van der Waals surface area (Å²) in [4.78, 5) is 0. The molecule has 1 unspecified atom stereocenters. The normalized spacial score (nSPS) is 12.7. The predicted molar refractivity (Wildman–Crippen MR) is 103 cm³/mol. The van der Waals surface area contributed by atoms with E-state index in [-0.39, 0.29) is 0 Å². The Morgan fingerprint density at radius 1 is 0.500 bits per heavy atom. The van der Waals surface area contributed by atoms with Crippen molar-refractivity contribution in [2.45, 2.75) is 127 Å². The van der Waals surface area contributed by atoms with Crippen LogP contribution in [0.3, 0.4) is 0 Å². The van der Waals surface area contributed by atoms with Crippen molar-refractivity contribution in [1.82, 2.24) is 0 Å². The fourth-order valence-corrected chi connectivity index (χ4v) is 4.90. The Hall–Kier alpha value is 0.518. The first kappa shape index (κ1) is 22.5. The Labute approximate surface area is 146 Å². The molecule has 0 saturated carbocycles. The second kappa shape index (κ2) is 19.6. The zero-order valence-electron chi connectivity index (χ0n) is 15.6. The Kier molecular flexibility index (Phi) is 20.0. The van der Waals surface area contributed by atoms with Gasteiger partial charge < -0.3 is 0 Å². The van der Waals surface area contributed by atoms with E-state index in [2.05, 4.69) is 13.8 Å². The van der Waals surface area contributed by atoms with Gasteiger partial charge in [0.05, 0.1) is 0 Å². The minimum atomic E-state index is -1.34. The molecule has 0 aliphatic heterocycles. The summed E-state index contributed by atoms with van der Waals surface area (Å²) in [7, 11) is 0. The molecule has 0 aliphatic rings. The molecule has 0 spiro atoms. The molecule has 2 heteroatoms. The van der Waals surface area contributed by atoms with Crippen molar-refractivity contribution in [1.29, 1.82) is 0 Å². The van der Waals surface area contributed by atoms with Gasteiger partial charge in [0.25, 0.3) is 0 Å². The summed E-state index contributed by atoms with van der Waals surface area (Å²) in [5.41, 5.74) is 0. The average Bonchev–Trinajstić information content (AvgIpc) is 2.54.